The van der Waals surface area contributed by atoms with Crippen molar-refractivity contribution in [3.8, 4) is 34.5 Å². The highest BCUT2D eigenvalue weighted by Gasteiger charge is 2.16. The number of amides is 1. The van der Waals surface area contributed by atoms with E-state index in [-0.39, 0.29) is 16.9 Å². The molecule has 0 unspecified atom stereocenters. The molecule has 0 bridgehead atoms. The number of hydrogen-bond donors (Lipinski definition) is 4. The van der Waals surface area contributed by atoms with Crippen molar-refractivity contribution in [1.29, 1.82) is 0 Å². The summed E-state index contributed by atoms with van der Waals surface area (Å²) in [6, 6.07) is 4.96. The van der Waals surface area contributed by atoms with Crippen molar-refractivity contribution in [3.63, 3.8) is 0 Å². The Morgan fingerprint density at radius 3 is 2.04 bits per heavy atom. The van der Waals surface area contributed by atoms with Crippen LogP contribution >= 0.6 is 0 Å². The average Bonchev–Trinajstić information content (AvgIpc) is 2.64. The predicted octanol–water partition coefficient (Wildman–Crippen LogP) is 1.59. The molecular weight excluding hydrogens is 344 g/mol. The van der Waals surface area contributed by atoms with Crippen LogP contribution in [0.4, 0.5) is 0 Å². The Hall–Kier alpha value is -3.62. The third-order valence-electron chi connectivity index (χ3n) is 3.42. The highest BCUT2D eigenvalue weighted by molar-refractivity contribution is 5.96. The number of rotatable bonds is 6. The van der Waals surface area contributed by atoms with Crippen LogP contribution < -0.4 is 19.6 Å². The molecule has 0 atom stereocenters. The molecule has 4 N–H and O–H groups in total. The largest absolute Gasteiger partial charge is 0.507 e. The summed E-state index contributed by atoms with van der Waals surface area (Å²) in [5, 5.41) is 32.1. The van der Waals surface area contributed by atoms with Crippen LogP contribution in [0.5, 0.6) is 34.5 Å². The molecule has 2 aromatic carbocycles. The second-order valence-electron chi connectivity index (χ2n) is 5.01. The lowest BCUT2D eigenvalue weighted by molar-refractivity contribution is 0.0954. The molecule has 0 fully saturated rings. The van der Waals surface area contributed by atoms with Gasteiger partial charge >= 0.3 is 0 Å². The first-order valence-corrected chi connectivity index (χ1v) is 7.29. The molecule has 0 aliphatic rings. The molecule has 0 heterocycles. The van der Waals surface area contributed by atoms with E-state index < -0.39 is 17.4 Å². The summed E-state index contributed by atoms with van der Waals surface area (Å²) in [6.45, 7) is 0. The maximum Gasteiger partial charge on any atom is 0.271 e. The van der Waals surface area contributed by atoms with Crippen molar-refractivity contribution in [2.75, 3.05) is 21.3 Å². The van der Waals surface area contributed by atoms with E-state index in [1.807, 2.05) is 0 Å². The fraction of sp³-hybridized carbons (Fsp3) is 0.176. The second-order valence-corrected chi connectivity index (χ2v) is 5.01. The molecule has 0 aliphatic heterocycles. The van der Waals surface area contributed by atoms with Crippen LogP contribution in [0.15, 0.2) is 29.4 Å². The standard InChI is InChI=1S/C17H18N2O7/c1-24-14-5-9(6-15(25-2)16(14)26-3)17(23)19-18-8-10-4-12(21)13(22)7-11(10)20/h4-8,20-22H,1-3H3,(H,19,23)/b18-8-. The molecule has 0 radical (unpaired) electrons. The second kappa shape index (κ2) is 7.97. The van der Waals surface area contributed by atoms with Crippen LogP contribution in [0.25, 0.3) is 0 Å². The van der Waals surface area contributed by atoms with Crippen molar-refractivity contribution in [2.45, 2.75) is 0 Å². The summed E-state index contributed by atoms with van der Waals surface area (Å²) in [4.78, 5) is 12.2. The number of aromatic hydroxyl groups is 3. The molecule has 0 aromatic heterocycles. The molecule has 2 rings (SSSR count). The number of hydrazone groups is 1. The van der Waals surface area contributed by atoms with Gasteiger partial charge in [-0.2, -0.15) is 5.10 Å². The summed E-state index contributed by atoms with van der Waals surface area (Å²) in [7, 11) is 4.30. The van der Waals surface area contributed by atoms with E-state index in [1.54, 1.807) is 0 Å². The summed E-state index contributed by atoms with van der Waals surface area (Å²) in [6.07, 6.45) is 1.12. The zero-order valence-corrected chi connectivity index (χ0v) is 14.3. The summed E-state index contributed by atoms with van der Waals surface area (Å²) in [5.41, 5.74) is 2.58. The van der Waals surface area contributed by atoms with Crippen molar-refractivity contribution in [1.82, 2.24) is 5.43 Å². The van der Waals surface area contributed by atoms with Crippen molar-refractivity contribution < 1.29 is 34.3 Å². The monoisotopic (exact) mass is 362 g/mol. The average molecular weight is 362 g/mol. The highest BCUT2D eigenvalue weighted by atomic mass is 16.5. The lowest BCUT2D eigenvalue weighted by atomic mass is 10.1. The minimum Gasteiger partial charge on any atom is -0.507 e. The van der Waals surface area contributed by atoms with E-state index in [1.165, 1.54) is 33.5 Å². The van der Waals surface area contributed by atoms with Gasteiger partial charge in [-0.1, -0.05) is 0 Å². The predicted molar refractivity (Wildman–Crippen MR) is 92.6 cm³/mol. The van der Waals surface area contributed by atoms with E-state index in [9.17, 15) is 20.1 Å². The van der Waals surface area contributed by atoms with Gasteiger partial charge in [-0.05, 0) is 18.2 Å². The van der Waals surface area contributed by atoms with Gasteiger partial charge in [0.25, 0.3) is 5.91 Å². The van der Waals surface area contributed by atoms with Crippen LogP contribution in [0.3, 0.4) is 0 Å². The Morgan fingerprint density at radius 2 is 1.50 bits per heavy atom. The fourth-order valence-electron chi connectivity index (χ4n) is 2.12. The summed E-state index contributed by atoms with van der Waals surface area (Å²) in [5.74, 6) is -0.820. The number of methoxy groups -OCH3 is 3. The number of carbonyl (C=O) groups excluding carboxylic acids is 1. The zero-order chi connectivity index (χ0) is 19.3. The van der Waals surface area contributed by atoms with Gasteiger partial charge in [-0.15, -0.1) is 0 Å². The molecule has 0 saturated carbocycles. The first kappa shape index (κ1) is 18.7. The molecule has 2 aromatic rings. The Kier molecular flexibility index (Phi) is 5.74. The molecule has 1 amide bonds. The van der Waals surface area contributed by atoms with Crippen LogP contribution in [0.1, 0.15) is 15.9 Å². The van der Waals surface area contributed by atoms with Crippen LogP contribution in [0, 0.1) is 0 Å². The number of phenols is 3. The van der Waals surface area contributed by atoms with Crippen LogP contribution in [0.2, 0.25) is 0 Å². The van der Waals surface area contributed by atoms with E-state index in [2.05, 4.69) is 10.5 Å². The van der Waals surface area contributed by atoms with Gasteiger partial charge in [-0.3, -0.25) is 4.79 Å². The molecule has 9 heteroatoms. The van der Waals surface area contributed by atoms with Crippen molar-refractivity contribution in [2.24, 2.45) is 5.10 Å². The quantitative estimate of drug-likeness (QED) is 0.266. The summed E-state index contributed by atoms with van der Waals surface area (Å²) >= 11 is 0. The smallest absolute Gasteiger partial charge is 0.271 e. The third kappa shape index (κ3) is 3.89. The molecular formula is C17H18N2O7. The fourth-order valence-corrected chi connectivity index (χ4v) is 2.12. The van der Waals surface area contributed by atoms with Gasteiger partial charge in [0.05, 0.1) is 27.5 Å². The SMILES string of the molecule is COc1cc(C(=O)N/N=C\c2cc(O)c(O)cc2O)cc(OC)c1OC. The first-order valence-electron chi connectivity index (χ1n) is 7.29. The summed E-state index contributed by atoms with van der Waals surface area (Å²) < 4.78 is 15.5. The number of carbonyl (C=O) groups is 1. The van der Waals surface area contributed by atoms with Gasteiger partial charge in [0, 0.05) is 17.2 Å². The topological polar surface area (TPSA) is 130 Å². The van der Waals surface area contributed by atoms with Crippen LogP contribution in [-0.4, -0.2) is 48.8 Å². The maximum absolute atomic E-state index is 12.2. The third-order valence-corrected chi connectivity index (χ3v) is 3.42. The number of nitrogens with one attached hydrogen (secondary N) is 1. The number of phenolic OH excluding ortho intramolecular Hbond substituents is 3. The van der Waals surface area contributed by atoms with Crippen LogP contribution in [-0.2, 0) is 0 Å². The van der Waals surface area contributed by atoms with Gasteiger partial charge in [0.1, 0.15) is 5.75 Å². The van der Waals surface area contributed by atoms with Gasteiger partial charge in [-0.25, -0.2) is 5.43 Å². The number of nitrogens with zero attached hydrogens (tertiary/aromatic N) is 1. The van der Waals surface area contributed by atoms with E-state index >= 15 is 0 Å². The molecule has 138 valence electrons. The Labute approximate surface area is 149 Å². The molecule has 0 aliphatic carbocycles. The molecule has 9 nitrogen and oxygen atoms in total. The van der Waals surface area contributed by atoms with Crippen molar-refractivity contribution >= 4 is 12.1 Å². The lowest BCUT2D eigenvalue weighted by Gasteiger charge is -2.13. The zero-order valence-electron chi connectivity index (χ0n) is 14.3. The van der Waals surface area contributed by atoms with E-state index in [0.717, 1.165) is 18.3 Å². The normalized spacial score (nSPS) is 10.6. The van der Waals surface area contributed by atoms with Gasteiger partial charge in [0.2, 0.25) is 5.75 Å². The Balaban J connectivity index is 2.21. The number of hydrogen-bond acceptors (Lipinski definition) is 8. The number of ether oxygens (including phenoxy) is 3. The Bertz CT molecular complexity index is 824. The van der Waals surface area contributed by atoms with Gasteiger partial charge in [0.15, 0.2) is 23.0 Å². The molecule has 0 spiro atoms. The van der Waals surface area contributed by atoms with Crippen molar-refractivity contribution in [3.05, 3.63) is 35.4 Å². The van der Waals surface area contributed by atoms with Gasteiger partial charge < -0.3 is 29.5 Å². The maximum atomic E-state index is 12.2. The Morgan fingerprint density at radius 1 is 0.923 bits per heavy atom. The highest BCUT2D eigenvalue weighted by Crippen LogP contribution is 2.38. The minimum absolute atomic E-state index is 0.102. The van der Waals surface area contributed by atoms with E-state index in [4.69, 9.17) is 14.2 Å². The lowest BCUT2D eigenvalue weighted by Crippen LogP contribution is -2.18. The minimum atomic E-state index is -0.567. The molecule has 0 saturated heterocycles. The molecule has 26 heavy (non-hydrogen) atoms. The van der Waals surface area contributed by atoms with E-state index in [0.29, 0.717) is 17.2 Å². The first-order chi connectivity index (χ1) is 12.4. The number of benzene rings is 2.